The third-order valence-electron chi connectivity index (χ3n) is 2.33. The van der Waals surface area contributed by atoms with Crippen molar-refractivity contribution in [3.8, 4) is 0 Å². The molecule has 1 heterocycles. The van der Waals surface area contributed by atoms with E-state index in [0.29, 0.717) is 5.56 Å². The minimum atomic E-state index is -0.568. The number of carbonyl (C=O) groups is 1. The van der Waals surface area contributed by atoms with Crippen molar-refractivity contribution in [3.05, 3.63) is 63.0 Å². The summed E-state index contributed by atoms with van der Waals surface area (Å²) in [6, 6.07) is 5.14. The maximum atomic E-state index is 12.7. The second-order valence-electron chi connectivity index (χ2n) is 3.61. The monoisotopic (exact) mass is 266 g/mol. The number of H-pyrrole nitrogens is 1. The highest BCUT2D eigenvalue weighted by Crippen LogP contribution is 2.13. The number of ketones is 1. The number of hydrogen-bond donors (Lipinski definition) is 1. The summed E-state index contributed by atoms with van der Waals surface area (Å²) in [4.78, 5) is 28.8. The van der Waals surface area contributed by atoms with Crippen LogP contribution in [0.3, 0.4) is 0 Å². The van der Waals surface area contributed by atoms with E-state index in [-0.39, 0.29) is 22.9 Å². The van der Waals surface area contributed by atoms with Gasteiger partial charge in [0.15, 0.2) is 5.78 Å². The molecule has 4 nitrogen and oxygen atoms in total. The van der Waals surface area contributed by atoms with Crippen LogP contribution >= 0.6 is 11.6 Å². The minimum absolute atomic E-state index is 0.103. The molecule has 1 N–H and O–H groups in total. The van der Waals surface area contributed by atoms with Crippen LogP contribution in [0, 0.1) is 5.82 Å². The van der Waals surface area contributed by atoms with Crippen LogP contribution < -0.4 is 5.69 Å². The van der Waals surface area contributed by atoms with Gasteiger partial charge in [-0.25, -0.2) is 9.18 Å². The lowest BCUT2D eigenvalue weighted by Crippen LogP contribution is -2.15. The molecule has 2 rings (SSSR count). The Morgan fingerprint density at radius 3 is 2.67 bits per heavy atom. The number of halogens is 2. The molecule has 0 saturated heterocycles. The van der Waals surface area contributed by atoms with E-state index in [1.54, 1.807) is 0 Å². The van der Waals surface area contributed by atoms with Crippen molar-refractivity contribution in [1.82, 2.24) is 9.97 Å². The van der Waals surface area contributed by atoms with Crippen LogP contribution in [0.1, 0.15) is 16.1 Å². The zero-order valence-electron chi connectivity index (χ0n) is 9.11. The SMILES string of the molecule is O=C(Cc1nc(=O)[nH]cc1Cl)c1ccc(F)cc1. The second-order valence-corrected chi connectivity index (χ2v) is 4.01. The molecule has 1 aromatic carbocycles. The molecule has 0 fully saturated rings. The third kappa shape index (κ3) is 2.81. The van der Waals surface area contributed by atoms with Crippen molar-refractivity contribution < 1.29 is 9.18 Å². The van der Waals surface area contributed by atoms with Crippen LogP contribution in [0.5, 0.6) is 0 Å². The largest absolute Gasteiger partial charge is 0.345 e. The molecule has 0 bridgehead atoms. The maximum Gasteiger partial charge on any atom is 0.345 e. The summed E-state index contributed by atoms with van der Waals surface area (Å²) in [5.74, 6) is -0.700. The minimum Gasteiger partial charge on any atom is -0.311 e. The molecule has 0 saturated carbocycles. The third-order valence-corrected chi connectivity index (χ3v) is 2.66. The number of benzene rings is 1. The van der Waals surface area contributed by atoms with E-state index < -0.39 is 11.5 Å². The highest BCUT2D eigenvalue weighted by Gasteiger charge is 2.11. The van der Waals surface area contributed by atoms with Gasteiger partial charge in [0.25, 0.3) is 0 Å². The number of aromatic nitrogens is 2. The van der Waals surface area contributed by atoms with Crippen molar-refractivity contribution in [2.24, 2.45) is 0 Å². The zero-order chi connectivity index (χ0) is 13.1. The Morgan fingerprint density at radius 1 is 1.33 bits per heavy atom. The highest BCUT2D eigenvalue weighted by atomic mass is 35.5. The van der Waals surface area contributed by atoms with Gasteiger partial charge in [-0.3, -0.25) is 4.79 Å². The van der Waals surface area contributed by atoms with Crippen molar-refractivity contribution >= 4 is 17.4 Å². The van der Waals surface area contributed by atoms with Gasteiger partial charge in [0.1, 0.15) is 5.82 Å². The van der Waals surface area contributed by atoms with Gasteiger partial charge in [-0.1, -0.05) is 11.6 Å². The molecule has 1 aromatic heterocycles. The van der Waals surface area contributed by atoms with Crippen LogP contribution in [0.2, 0.25) is 5.02 Å². The maximum absolute atomic E-state index is 12.7. The van der Waals surface area contributed by atoms with Gasteiger partial charge in [0, 0.05) is 11.8 Å². The number of aromatic amines is 1. The molecule has 2 aromatic rings. The summed E-state index contributed by atoms with van der Waals surface area (Å²) in [7, 11) is 0. The molecule has 0 spiro atoms. The number of nitrogens with zero attached hydrogens (tertiary/aromatic N) is 1. The molecule has 0 atom stereocenters. The van der Waals surface area contributed by atoms with Gasteiger partial charge in [-0.2, -0.15) is 4.98 Å². The number of nitrogens with one attached hydrogen (secondary N) is 1. The summed E-state index contributed by atoms with van der Waals surface area (Å²) in [6.07, 6.45) is 1.18. The van der Waals surface area contributed by atoms with Crippen molar-refractivity contribution in [2.75, 3.05) is 0 Å². The number of hydrogen-bond acceptors (Lipinski definition) is 3. The molecule has 0 aliphatic carbocycles. The van der Waals surface area contributed by atoms with E-state index in [4.69, 9.17) is 11.6 Å². The first-order valence-electron chi connectivity index (χ1n) is 5.09. The second kappa shape index (κ2) is 5.10. The first kappa shape index (κ1) is 12.4. The van der Waals surface area contributed by atoms with Gasteiger partial charge in [0.2, 0.25) is 0 Å². The smallest absolute Gasteiger partial charge is 0.311 e. The van der Waals surface area contributed by atoms with E-state index in [2.05, 4.69) is 9.97 Å². The number of carbonyl (C=O) groups excluding carboxylic acids is 1. The lowest BCUT2D eigenvalue weighted by atomic mass is 10.1. The molecular formula is C12H8ClFN2O2. The van der Waals surface area contributed by atoms with Crippen LogP contribution in [-0.4, -0.2) is 15.8 Å². The quantitative estimate of drug-likeness (QED) is 0.864. The van der Waals surface area contributed by atoms with E-state index >= 15 is 0 Å². The number of rotatable bonds is 3. The summed E-state index contributed by atoms with van der Waals surface area (Å²) in [5, 5.41) is 0.213. The van der Waals surface area contributed by atoms with E-state index in [1.807, 2.05) is 0 Å². The van der Waals surface area contributed by atoms with E-state index in [1.165, 1.54) is 30.5 Å². The predicted octanol–water partition coefficient (Wildman–Crippen LogP) is 1.99. The molecule has 0 amide bonds. The van der Waals surface area contributed by atoms with Crippen LogP contribution in [0.15, 0.2) is 35.3 Å². The fourth-order valence-electron chi connectivity index (χ4n) is 1.43. The summed E-state index contributed by atoms with van der Waals surface area (Å²) in [6.45, 7) is 0. The van der Waals surface area contributed by atoms with Crippen LogP contribution in [-0.2, 0) is 6.42 Å². The molecule has 0 unspecified atom stereocenters. The Hall–Kier alpha value is -2.01. The summed E-state index contributed by atoms with van der Waals surface area (Å²) in [5.41, 5.74) is -0.0226. The highest BCUT2D eigenvalue weighted by molar-refractivity contribution is 6.31. The molecule has 6 heteroatoms. The van der Waals surface area contributed by atoms with Gasteiger partial charge >= 0.3 is 5.69 Å². The Balaban J connectivity index is 2.23. The Labute approximate surface area is 106 Å². The van der Waals surface area contributed by atoms with E-state index in [0.717, 1.165) is 0 Å². The zero-order valence-corrected chi connectivity index (χ0v) is 9.87. The molecule has 0 radical (unpaired) electrons. The average Bonchev–Trinajstić information content (AvgIpc) is 2.34. The lowest BCUT2D eigenvalue weighted by Gasteiger charge is -2.02. The van der Waals surface area contributed by atoms with Gasteiger partial charge in [0.05, 0.1) is 17.1 Å². The first-order chi connectivity index (χ1) is 8.56. The normalized spacial score (nSPS) is 10.3. The summed E-state index contributed by atoms with van der Waals surface area (Å²) >= 11 is 5.81. The van der Waals surface area contributed by atoms with Crippen molar-refractivity contribution in [2.45, 2.75) is 6.42 Å². The predicted molar refractivity (Wildman–Crippen MR) is 64.3 cm³/mol. The fourth-order valence-corrected chi connectivity index (χ4v) is 1.59. The van der Waals surface area contributed by atoms with E-state index in [9.17, 15) is 14.0 Å². The standard InChI is InChI=1S/C12H8ClFN2O2/c13-9-6-15-12(18)16-10(9)5-11(17)7-1-3-8(14)4-2-7/h1-4,6H,5H2,(H,15,16,18). The van der Waals surface area contributed by atoms with Gasteiger partial charge < -0.3 is 4.98 Å². The Kier molecular flexibility index (Phi) is 3.53. The van der Waals surface area contributed by atoms with Crippen LogP contribution in [0.25, 0.3) is 0 Å². The summed E-state index contributed by atoms with van der Waals surface area (Å²) < 4.78 is 12.7. The number of Topliss-reactive ketones (excluding diaryl/α,β-unsaturated/α-hetero) is 1. The van der Waals surface area contributed by atoms with Crippen molar-refractivity contribution in [1.29, 1.82) is 0 Å². The lowest BCUT2D eigenvalue weighted by molar-refractivity contribution is 0.0992. The average molecular weight is 267 g/mol. The fraction of sp³-hybridized carbons (Fsp3) is 0.0833. The van der Waals surface area contributed by atoms with Crippen molar-refractivity contribution in [3.63, 3.8) is 0 Å². The van der Waals surface area contributed by atoms with Gasteiger partial charge in [-0.15, -0.1) is 0 Å². The van der Waals surface area contributed by atoms with Gasteiger partial charge in [-0.05, 0) is 24.3 Å². The Morgan fingerprint density at radius 2 is 2.00 bits per heavy atom. The molecule has 0 aliphatic rings. The Bertz CT molecular complexity index is 637. The van der Waals surface area contributed by atoms with Crippen LogP contribution in [0.4, 0.5) is 4.39 Å². The molecular weight excluding hydrogens is 259 g/mol. The topological polar surface area (TPSA) is 62.8 Å². The first-order valence-corrected chi connectivity index (χ1v) is 5.47. The molecule has 0 aliphatic heterocycles. The molecule has 92 valence electrons. The molecule has 18 heavy (non-hydrogen) atoms.